The van der Waals surface area contributed by atoms with Gasteiger partial charge in [0.1, 0.15) is 5.82 Å². The van der Waals surface area contributed by atoms with Crippen LogP contribution in [0.1, 0.15) is 30.9 Å². The number of aliphatic hydroxyl groups is 1. The second-order valence-electron chi connectivity index (χ2n) is 5.14. The molecule has 1 rings (SSSR count). The third kappa shape index (κ3) is 6.52. The molecule has 2 nitrogen and oxygen atoms in total. The highest BCUT2D eigenvalue weighted by Crippen LogP contribution is 2.14. The second-order valence-corrected chi connectivity index (χ2v) is 6.12. The van der Waals surface area contributed by atoms with Gasteiger partial charge >= 0.3 is 0 Å². The molecule has 4 heteroatoms. The molecule has 1 atom stereocenters. The highest BCUT2D eigenvalue weighted by Gasteiger charge is 2.10. The first-order valence-corrected chi connectivity index (χ1v) is 8.55. The molecule has 1 aromatic rings. The fourth-order valence-corrected chi connectivity index (χ4v) is 2.51. The van der Waals surface area contributed by atoms with Crippen LogP contribution in [0.2, 0.25) is 0 Å². The van der Waals surface area contributed by atoms with E-state index in [1.54, 1.807) is 6.07 Å². The topological polar surface area (TPSA) is 23.5 Å². The molecule has 0 saturated heterocycles. The predicted octanol–water partition coefficient (Wildman–Crippen LogP) is 3.13. The summed E-state index contributed by atoms with van der Waals surface area (Å²) in [6.45, 7) is 3.00. The van der Waals surface area contributed by atoms with Gasteiger partial charge in [0.2, 0.25) is 0 Å². The number of rotatable bonds is 7. The van der Waals surface area contributed by atoms with Crippen molar-refractivity contribution < 1.29 is 9.50 Å². The van der Waals surface area contributed by atoms with Crippen LogP contribution < -0.4 is 0 Å². The van der Waals surface area contributed by atoms with Crippen LogP contribution in [-0.2, 0) is 6.54 Å². The van der Waals surface area contributed by atoms with Gasteiger partial charge in [-0.3, -0.25) is 4.90 Å². The van der Waals surface area contributed by atoms with E-state index in [1.165, 1.54) is 6.07 Å². The fourth-order valence-electron chi connectivity index (χ4n) is 1.93. The second kappa shape index (κ2) is 9.83. The molecule has 0 radical (unpaired) electrons. The van der Waals surface area contributed by atoms with E-state index in [1.807, 2.05) is 17.8 Å². The van der Waals surface area contributed by atoms with Crippen molar-refractivity contribution in [2.24, 2.45) is 0 Å². The Labute approximate surface area is 131 Å². The van der Waals surface area contributed by atoms with Crippen LogP contribution in [0, 0.1) is 17.7 Å². The fraction of sp³-hybridized carbons (Fsp3) is 0.529. The molecule has 116 valence electrons. The Morgan fingerprint density at radius 1 is 1.43 bits per heavy atom. The van der Waals surface area contributed by atoms with Crippen LogP contribution in [0.25, 0.3) is 0 Å². The lowest BCUT2D eigenvalue weighted by molar-refractivity contribution is 0.245. The van der Waals surface area contributed by atoms with E-state index in [2.05, 4.69) is 37.0 Å². The molecule has 0 aliphatic heterocycles. The summed E-state index contributed by atoms with van der Waals surface area (Å²) < 4.78 is 13.7. The van der Waals surface area contributed by atoms with E-state index >= 15 is 0 Å². The summed E-state index contributed by atoms with van der Waals surface area (Å²) in [5.41, 5.74) is 1.47. The third-order valence-corrected chi connectivity index (χ3v) is 4.06. The van der Waals surface area contributed by atoms with E-state index < -0.39 is 0 Å². The van der Waals surface area contributed by atoms with Gasteiger partial charge in [0.05, 0.1) is 12.2 Å². The molecule has 0 aromatic heterocycles. The average Bonchev–Trinajstić information content (AvgIpc) is 2.48. The van der Waals surface area contributed by atoms with Crippen molar-refractivity contribution in [3.8, 4) is 11.8 Å². The first-order chi connectivity index (χ1) is 10.1. The molecule has 1 unspecified atom stereocenters. The van der Waals surface area contributed by atoms with Crippen molar-refractivity contribution >= 4 is 11.8 Å². The normalized spacial score (nSPS) is 12.1. The van der Waals surface area contributed by atoms with Crippen LogP contribution in [0.3, 0.4) is 0 Å². The standard InChI is InChI=1S/C17H24FNOS/c1-14(9-11-21-3)19(2)13-15-7-8-17(18)16(12-15)6-4-5-10-20/h7-8,12,14,20H,5,9-11,13H2,1-3H3. The van der Waals surface area contributed by atoms with E-state index in [9.17, 15) is 4.39 Å². The molecule has 0 spiro atoms. The molecule has 0 heterocycles. The van der Waals surface area contributed by atoms with Crippen molar-refractivity contribution in [3.05, 3.63) is 35.1 Å². The monoisotopic (exact) mass is 309 g/mol. The van der Waals surface area contributed by atoms with Crippen molar-refractivity contribution in [2.45, 2.75) is 32.4 Å². The zero-order valence-corrected chi connectivity index (χ0v) is 13.8. The van der Waals surface area contributed by atoms with Gasteiger partial charge in [0, 0.05) is 19.0 Å². The van der Waals surface area contributed by atoms with E-state index in [-0.39, 0.29) is 12.4 Å². The Balaban J connectivity index is 2.71. The Hall–Kier alpha value is -1.02. The molecule has 1 aromatic carbocycles. The first-order valence-electron chi connectivity index (χ1n) is 7.15. The lowest BCUT2D eigenvalue weighted by atomic mass is 10.1. The molecule has 0 aliphatic rings. The van der Waals surface area contributed by atoms with Gasteiger partial charge in [-0.1, -0.05) is 17.9 Å². The molecule has 0 aliphatic carbocycles. The molecular formula is C17H24FNOS. The van der Waals surface area contributed by atoms with Crippen LogP contribution in [-0.4, -0.2) is 41.7 Å². The number of halogens is 1. The number of nitrogens with zero attached hydrogens (tertiary/aromatic N) is 1. The highest BCUT2D eigenvalue weighted by molar-refractivity contribution is 7.98. The van der Waals surface area contributed by atoms with Gasteiger partial charge in [-0.25, -0.2) is 4.39 Å². The largest absolute Gasteiger partial charge is 0.395 e. The van der Waals surface area contributed by atoms with Crippen molar-refractivity contribution in [1.82, 2.24) is 4.90 Å². The van der Waals surface area contributed by atoms with Crippen LogP contribution in [0.4, 0.5) is 4.39 Å². The van der Waals surface area contributed by atoms with Crippen molar-refractivity contribution in [2.75, 3.05) is 25.7 Å². The maximum atomic E-state index is 13.7. The van der Waals surface area contributed by atoms with Crippen LogP contribution in [0.15, 0.2) is 18.2 Å². The van der Waals surface area contributed by atoms with Gasteiger partial charge in [0.25, 0.3) is 0 Å². The Morgan fingerprint density at radius 3 is 2.86 bits per heavy atom. The van der Waals surface area contributed by atoms with E-state index in [0.29, 0.717) is 18.0 Å². The third-order valence-electron chi connectivity index (χ3n) is 3.41. The summed E-state index contributed by atoms with van der Waals surface area (Å²) in [6, 6.07) is 5.58. The number of hydrogen-bond donors (Lipinski definition) is 1. The average molecular weight is 309 g/mol. The van der Waals surface area contributed by atoms with Gasteiger partial charge in [-0.2, -0.15) is 11.8 Å². The molecule has 21 heavy (non-hydrogen) atoms. The number of aliphatic hydroxyl groups excluding tert-OH is 1. The summed E-state index contributed by atoms with van der Waals surface area (Å²) in [5, 5.41) is 8.71. The molecule has 0 amide bonds. The molecule has 0 saturated carbocycles. The van der Waals surface area contributed by atoms with Gasteiger partial charge in [-0.05, 0) is 50.1 Å². The van der Waals surface area contributed by atoms with Gasteiger partial charge < -0.3 is 5.11 Å². The smallest absolute Gasteiger partial charge is 0.138 e. The number of hydrogen-bond acceptors (Lipinski definition) is 3. The summed E-state index contributed by atoms with van der Waals surface area (Å²) in [5.74, 6) is 6.39. The Kier molecular flexibility index (Phi) is 8.44. The first kappa shape index (κ1) is 18.0. The minimum Gasteiger partial charge on any atom is -0.395 e. The maximum Gasteiger partial charge on any atom is 0.138 e. The van der Waals surface area contributed by atoms with Gasteiger partial charge in [-0.15, -0.1) is 0 Å². The number of thioether (sulfide) groups is 1. The van der Waals surface area contributed by atoms with Crippen LogP contribution >= 0.6 is 11.8 Å². The lowest BCUT2D eigenvalue weighted by Crippen LogP contribution is -2.29. The zero-order valence-electron chi connectivity index (χ0n) is 13.0. The summed E-state index contributed by atoms with van der Waals surface area (Å²) >= 11 is 1.85. The lowest BCUT2D eigenvalue weighted by Gasteiger charge is -2.24. The summed E-state index contributed by atoms with van der Waals surface area (Å²) in [4.78, 5) is 2.27. The van der Waals surface area contributed by atoms with E-state index in [0.717, 1.165) is 24.3 Å². The predicted molar refractivity (Wildman–Crippen MR) is 88.9 cm³/mol. The summed E-state index contributed by atoms with van der Waals surface area (Å²) in [6.07, 6.45) is 3.63. The number of benzene rings is 1. The van der Waals surface area contributed by atoms with Gasteiger partial charge in [0.15, 0.2) is 0 Å². The van der Waals surface area contributed by atoms with Crippen molar-refractivity contribution in [3.63, 3.8) is 0 Å². The molecular weight excluding hydrogens is 285 g/mol. The minimum atomic E-state index is -0.303. The van der Waals surface area contributed by atoms with Crippen molar-refractivity contribution in [1.29, 1.82) is 0 Å². The molecule has 0 bridgehead atoms. The maximum absolute atomic E-state index is 13.7. The quantitative estimate of drug-likeness (QED) is 0.783. The highest BCUT2D eigenvalue weighted by atomic mass is 32.2. The van der Waals surface area contributed by atoms with E-state index in [4.69, 9.17) is 5.11 Å². The molecule has 1 N–H and O–H groups in total. The molecule has 0 fully saturated rings. The SMILES string of the molecule is CSCCC(C)N(C)Cc1ccc(F)c(C#CCCO)c1. The minimum absolute atomic E-state index is 0.00397. The Morgan fingerprint density at radius 2 is 2.19 bits per heavy atom. The Bertz CT molecular complexity index is 495. The zero-order chi connectivity index (χ0) is 15.7. The summed E-state index contributed by atoms with van der Waals surface area (Å²) in [7, 11) is 2.09. The van der Waals surface area contributed by atoms with Crippen LogP contribution in [0.5, 0.6) is 0 Å².